The highest BCUT2D eigenvalue weighted by Gasteiger charge is 2.43. The number of carbonyl (C=O) groups is 2. The average Bonchev–Trinajstić information content (AvgIpc) is 3.14. The second-order valence-electron chi connectivity index (χ2n) is 15.7. The zero-order chi connectivity index (χ0) is 36.2. The molecular weight excluding hydrogens is 667 g/mol. The summed E-state index contributed by atoms with van der Waals surface area (Å²) >= 11 is 0. The van der Waals surface area contributed by atoms with Crippen LogP contribution >= 0.6 is 0 Å². The van der Waals surface area contributed by atoms with Gasteiger partial charge in [-0.3, -0.25) is 4.18 Å². The molecule has 2 aromatic rings. The van der Waals surface area contributed by atoms with E-state index in [2.05, 4.69) is 16.0 Å². The maximum absolute atomic E-state index is 12.3. The molecule has 11 heteroatoms. The van der Waals surface area contributed by atoms with Crippen molar-refractivity contribution in [3.63, 3.8) is 0 Å². The first kappa shape index (κ1) is 39.1. The Bertz CT molecular complexity index is 1450. The summed E-state index contributed by atoms with van der Waals surface area (Å²) in [6, 6.07) is 19.0. The van der Waals surface area contributed by atoms with Crippen LogP contribution in [0.4, 0.5) is 9.59 Å². The fourth-order valence-corrected chi connectivity index (χ4v) is 9.39. The Labute approximate surface area is 305 Å². The largest absolute Gasteiger partial charge is 0.445 e. The summed E-state index contributed by atoms with van der Waals surface area (Å²) in [6.07, 6.45) is 17.3. The van der Waals surface area contributed by atoms with Crippen LogP contribution in [0.15, 0.2) is 60.7 Å². The van der Waals surface area contributed by atoms with Crippen molar-refractivity contribution in [1.82, 2.24) is 16.0 Å². The highest BCUT2D eigenvalue weighted by atomic mass is 32.2. The van der Waals surface area contributed by atoms with Gasteiger partial charge in [0.2, 0.25) is 0 Å². The topological polar surface area (TPSA) is 132 Å². The Balaban J connectivity index is 0.000000199. The summed E-state index contributed by atoms with van der Waals surface area (Å²) in [7, 11) is -1.62. The summed E-state index contributed by atoms with van der Waals surface area (Å²) in [6.45, 7) is 1.25. The molecule has 0 aromatic heterocycles. The van der Waals surface area contributed by atoms with Crippen molar-refractivity contribution >= 4 is 22.3 Å². The molecule has 2 unspecified atom stereocenters. The van der Waals surface area contributed by atoms with Crippen molar-refractivity contribution in [2.45, 2.75) is 115 Å². The van der Waals surface area contributed by atoms with Crippen LogP contribution < -0.4 is 16.0 Å². The fourth-order valence-electron chi connectivity index (χ4n) is 8.98. The quantitative estimate of drug-likeness (QED) is 0.161. The van der Waals surface area contributed by atoms with Gasteiger partial charge in [0.1, 0.15) is 13.2 Å². The molecule has 2 aromatic carbocycles. The summed E-state index contributed by atoms with van der Waals surface area (Å²) in [5.74, 6) is 1.82. The van der Waals surface area contributed by atoms with E-state index >= 15 is 0 Å². The lowest BCUT2D eigenvalue weighted by Crippen LogP contribution is -2.47. The van der Waals surface area contributed by atoms with E-state index in [1.54, 1.807) is 0 Å². The molecule has 0 radical (unpaired) electrons. The van der Waals surface area contributed by atoms with Gasteiger partial charge < -0.3 is 25.4 Å². The van der Waals surface area contributed by atoms with Gasteiger partial charge in [-0.25, -0.2) is 9.59 Å². The molecule has 282 valence electrons. The zero-order valence-electron chi connectivity index (χ0n) is 30.6. The lowest BCUT2D eigenvalue weighted by molar-refractivity contribution is 0.0390. The molecule has 8 rings (SSSR count). The minimum absolute atomic E-state index is 0.0511. The van der Waals surface area contributed by atoms with E-state index in [0.717, 1.165) is 67.9 Å². The molecule has 0 heterocycles. The highest BCUT2D eigenvalue weighted by Crippen LogP contribution is 2.53. The molecular formula is C40H59N3O7S. The van der Waals surface area contributed by atoms with E-state index in [1.807, 2.05) is 67.7 Å². The number of benzene rings is 2. The number of alkyl carbamates (subject to hydrolysis) is 2. The van der Waals surface area contributed by atoms with Gasteiger partial charge in [-0.2, -0.15) is 8.42 Å². The molecule has 0 aliphatic heterocycles. The van der Waals surface area contributed by atoms with Crippen LogP contribution in [0.25, 0.3) is 0 Å². The molecule has 0 saturated heterocycles. The lowest BCUT2D eigenvalue weighted by atomic mass is 9.58. The SMILES string of the molecule is CNCC(CC12CCC(CC1)CC2)NC(=O)OCc1ccccc1.CS(=O)(=O)OCC(CC12CCC(CC1)CC2)NC(=O)OCc1ccccc1. The molecule has 2 atom stereocenters. The molecule has 6 aliphatic carbocycles. The van der Waals surface area contributed by atoms with Crippen molar-refractivity contribution in [3.05, 3.63) is 71.8 Å². The molecule has 6 aliphatic rings. The molecule has 6 fully saturated rings. The summed E-state index contributed by atoms with van der Waals surface area (Å²) in [5, 5.41) is 9.14. The van der Waals surface area contributed by atoms with E-state index in [0.29, 0.717) is 12.0 Å². The number of likely N-dealkylation sites (N-methyl/N-ethyl adjacent to an activating group) is 1. The van der Waals surface area contributed by atoms with Crippen LogP contribution in [-0.2, 0) is 37.0 Å². The van der Waals surface area contributed by atoms with Gasteiger partial charge in [0.15, 0.2) is 0 Å². The molecule has 10 nitrogen and oxygen atoms in total. The Kier molecular flexibility index (Phi) is 14.2. The minimum atomic E-state index is -3.56. The third-order valence-electron chi connectivity index (χ3n) is 11.9. The number of ether oxygens (including phenoxy) is 2. The minimum Gasteiger partial charge on any atom is -0.445 e. The number of rotatable bonds is 15. The lowest BCUT2D eigenvalue weighted by Gasteiger charge is -2.48. The molecule has 2 amide bonds. The predicted octanol–water partition coefficient (Wildman–Crippen LogP) is 7.48. The third kappa shape index (κ3) is 12.8. The maximum atomic E-state index is 12.3. The van der Waals surface area contributed by atoms with Crippen LogP contribution in [0.3, 0.4) is 0 Å². The van der Waals surface area contributed by atoms with Crippen molar-refractivity contribution in [1.29, 1.82) is 0 Å². The molecule has 3 N–H and O–H groups in total. The summed E-state index contributed by atoms with van der Waals surface area (Å²) < 4.78 is 38.5. The van der Waals surface area contributed by atoms with Gasteiger partial charge in [-0.15, -0.1) is 0 Å². The Morgan fingerprint density at radius 2 is 1.08 bits per heavy atom. The van der Waals surface area contributed by atoms with Crippen molar-refractivity contribution in [2.24, 2.45) is 22.7 Å². The predicted molar refractivity (Wildman–Crippen MR) is 198 cm³/mol. The highest BCUT2D eigenvalue weighted by molar-refractivity contribution is 7.85. The zero-order valence-corrected chi connectivity index (χ0v) is 31.4. The molecule has 51 heavy (non-hydrogen) atoms. The first-order valence-electron chi connectivity index (χ1n) is 19.0. The van der Waals surface area contributed by atoms with Gasteiger partial charge >= 0.3 is 12.2 Å². The second kappa shape index (κ2) is 18.6. The number of nitrogens with one attached hydrogen (secondary N) is 3. The Morgan fingerprint density at radius 1 is 0.686 bits per heavy atom. The number of amides is 2. The van der Waals surface area contributed by atoms with Crippen LogP contribution in [0.5, 0.6) is 0 Å². The van der Waals surface area contributed by atoms with Gasteiger partial charge in [0.05, 0.1) is 18.9 Å². The number of carbonyl (C=O) groups excluding carboxylic acids is 2. The first-order valence-corrected chi connectivity index (χ1v) is 20.8. The van der Waals surface area contributed by atoms with Gasteiger partial charge in [-0.1, -0.05) is 60.7 Å². The van der Waals surface area contributed by atoms with Crippen LogP contribution in [0.2, 0.25) is 0 Å². The molecule has 4 bridgehead atoms. The Morgan fingerprint density at radius 3 is 1.47 bits per heavy atom. The van der Waals surface area contributed by atoms with E-state index < -0.39 is 16.2 Å². The number of fused-ring (bicyclic) bond motifs is 6. The van der Waals surface area contributed by atoms with Crippen LogP contribution in [-0.4, -0.2) is 59.1 Å². The first-order chi connectivity index (χ1) is 24.5. The fraction of sp³-hybridized carbons (Fsp3) is 0.650. The van der Waals surface area contributed by atoms with E-state index in [9.17, 15) is 18.0 Å². The summed E-state index contributed by atoms with van der Waals surface area (Å²) in [4.78, 5) is 24.4. The van der Waals surface area contributed by atoms with Gasteiger partial charge in [0.25, 0.3) is 10.1 Å². The molecule has 0 spiro atoms. The van der Waals surface area contributed by atoms with Gasteiger partial charge in [0, 0.05) is 12.6 Å². The third-order valence-corrected chi connectivity index (χ3v) is 12.4. The normalized spacial score (nSPS) is 26.2. The van der Waals surface area contributed by atoms with Crippen molar-refractivity contribution in [2.75, 3.05) is 26.5 Å². The second-order valence-corrected chi connectivity index (χ2v) is 17.4. The van der Waals surface area contributed by atoms with Crippen LogP contribution in [0.1, 0.15) is 101 Å². The summed E-state index contributed by atoms with van der Waals surface area (Å²) in [5.41, 5.74) is 2.55. The Hall–Kier alpha value is -3.15. The van der Waals surface area contributed by atoms with E-state index in [4.69, 9.17) is 13.7 Å². The number of hydrogen-bond acceptors (Lipinski definition) is 8. The van der Waals surface area contributed by atoms with Crippen molar-refractivity contribution < 1.29 is 31.7 Å². The average molecular weight is 726 g/mol. The smallest absolute Gasteiger partial charge is 0.407 e. The van der Waals surface area contributed by atoms with Gasteiger partial charge in [-0.05, 0) is 131 Å². The monoisotopic (exact) mass is 725 g/mol. The number of hydrogen-bond donors (Lipinski definition) is 3. The van der Waals surface area contributed by atoms with E-state index in [1.165, 1.54) is 57.8 Å². The molecule has 6 saturated carbocycles. The van der Waals surface area contributed by atoms with Crippen molar-refractivity contribution in [3.8, 4) is 0 Å². The van der Waals surface area contributed by atoms with E-state index in [-0.39, 0.29) is 36.8 Å². The standard InChI is InChI=1S/C20H30N2O2.C20H29NO5S/c1-21-14-18(13-20-10-7-16(8-11-20)9-12-20)22-19(23)24-15-17-5-3-2-4-6-17;1-27(23,24)26-15-18(13-20-10-7-16(8-11-20)9-12-20)21-19(22)25-14-17-5-3-2-4-6-17/h2-6,16,18,21H,7-15H2,1H3,(H,22,23);2-6,16,18H,7-15H2,1H3,(H,21,22). The van der Waals surface area contributed by atoms with Crippen LogP contribution in [0, 0.1) is 22.7 Å². The maximum Gasteiger partial charge on any atom is 0.407 e.